The average molecular weight is 544 g/mol. The van der Waals surface area contributed by atoms with Gasteiger partial charge in [0.05, 0.1) is 18.7 Å². The van der Waals surface area contributed by atoms with Crippen LogP contribution >= 0.6 is 35.6 Å². The van der Waals surface area contributed by atoms with Gasteiger partial charge in [0.15, 0.2) is 5.96 Å². The van der Waals surface area contributed by atoms with Crippen molar-refractivity contribution < 1.29 is 4.74 Å². The number of anilines is 1. The Kier molecular flexibility index (Phi) is 10.2. The minimum atomic E-state index is 0. The maximum absolute atomic E-state index is 6.13. The van der Waals surface area contributed by atoms with Gasteiger partial charge in [-0.05, 0) is 35.9 Å². The van der Waals surface area contributed by atoms with E-state index in [2.05, 4.69) is 51.3 Å². The molecule has 1 aliphatic rings. The lowest BCUT2D eigenvalue weighted by Crippen LogP contribution is -2.45. The van der Waals surface area contributed by atoms with E-state index in [0.29, 0.717) is 23.3 Å². The van der Waals surface area contributed by atoms with Crippen LogP contribution in [0.15, 0.2) is 47.5 Å². The highest BCUT2D eigenvalue weighted by molar-refractivity contribution is 14.0. The molecule has 0 radical (unpaired) electrons. The molecule has 2 aromatic carbocycles. The number of benzene rings is 2. The van der Waals surface area contributed by atoms with Crippen LogP contribution in [0, 0.1) is 0 Å². The Morgan fingerprint density at radius 2 is 1.70 bits per heavy atom. The molecule has 0 aromatic heterocycles. The standard InChI is InChI=1S/C22H30ClN5O.HI/c1-3-27-10-12-28(13-11-27)16-18-6-4-17(5-7-18)15-25-22(24)26-19-8-9-21(29-2)20(23)14-19;/h4-9,14H,3,10-13,15-16H2,1-2H3,(H3,24,25,26);1H. The first-order chi connectivity index (χ1) is 14.1. The summed E-state index contributed by atoms with van der Waals surface area (Å²) in [6.45, 7) is 9.50. The number of likely N-dealkylation sites (N-methyl/N-ethyl adjacent to an activating group) is 1. The number of hydrogen-bond acceptors (Lipinski definition) is 4. The number of guanidine groups is 1. The van der Waals surface area contributed by atoms with Gasteiger partial charge in [-0.15, -0.1) is 24.0 Å². The molecule has 1 saturated heterocycles. The van der Waals surface area contributed by atoms with Crippen LogP contribution in [0.4, 0.5) is 5.69 Å². The molecule has 0 unspecified atom stereocenters. The minimum Gasteiger partial charge on any atom is -0.495 e. The molecule has 8 heteroatoms. The van der Waals surface area contributed by atoms with Crippen molar-refractivity contribution in [1.82, 2.24) is 9.80 Å². The summed E-state index contributed by atoms with van der Waals surface area (Å²) in [5.41, 5.74) is 9.24. The van der Waals surface area contributed by atoms with Gasteiger partial charge in [-0.1, -0.05) is 42.8 Å². The number of piperazine rings is 1. The van der Waals surface area contributed by atoms with E-state index in [9.17, 15) is 0 Å². The number of aliphatic imine (C=N–C) groups is 1. The van der Waals surface area contributed by atoms with Gasteiger partial charge in [-0.2, -0.15) is 0 Å². The Morgan fingerprint density at radius 1 is 1.07 bits per heavy atom. The summed E-state index contributed by atoms with van der Waals surface area (Å²) in [5, 5.41) is 3.58. The quantitative estimate of drug-likeness (QED) is 0.314. The average Bonchev–Trinajstić information content (AvgIpc) is 2.74. The number of rotatable bonds is 7. The first kappa shape index (κ1) is 24.7. The number of methoxy groups -OCH3 is 1. The maximum Gasteiger partial charge on any atom is 0.193 e. The molecule has 1 aliphatic heterocycles. The second-order valence-electron chi connectivity index (χ2n) is 7.20. The number of ether oxygens (including phenoxy) is 1. The summed E-state index contributed by atoms with van der Waals surface area (Å²) < 4.78 is 5.15. The van der Waals surface area contributed by atoms with Crippen molar-refractivity contribution in [1.29, 1.82) is 0 Å². The summed E-state index contributed by atoms with van der Waals surface area (Å²) in [7, 11) is 1.59. The zero-order valence-electron chi connectivity index (χ0n) is 17.6. The molecular weight excluding hydrogens is 513 g/mol. The van der Waals surface area contributed by atoms with E-state index in [-0.39, 0.29) is 24.0 Å². The van der Waals surface area contributed by atoms with E-state index in [4.69, 9.17) is 22.1 Å². The molecule has 0 amide bonds. The third kappa shape index (κ3) is 7.30. The molecular formula is C22H31ClIN5O. The van der Waals surface area contributed by atoms with E-state index in [1.165, 1.54) is 5.56 Å². The van der Waals surface area contributed by atoms with Gasteiger partial charge in [0, 0.05) is 38.4 Å². The molecule has 0 saturated carbocycles. The minimum absolute atomic E-state index is 0. The van der Waals surface area contributed by atoms with Gasteiger partial charge < -0.3 is 20.7 Å². The predicted octanol–water partition coefficient (Wildman–Crippen LogP) is 4.03. The molecule has 1 heterocycles. The molecule has 0 spiro atoms. The molecule has 6 nitrogen and oxygen atoms in total. The number of nitrogens with two attached hydrogens (primary N) is 1. The first-order valence-corrected chi connectivity index (χ1v) is 10.4. The zero-order chi connectivity index (χ0) is 20.6. The predicted molar refractivity (Wildman–Crippen MR) is 136 cm³/mol. The fraction of sp³-hybridized carbons (Fsp3) is 0.409. The normalized spacial score (nSPS) is 15.5. The van der Waals surface area contributed by atoms with Crippen molar-refractivity contribution in [2.24, 2.45) is 10.7 Å². The summed E-state index contributed by atoms with van der Waals surface area (Å²) in [6.07, 6.45) is 0. The Bertz CT molecular complexity index is 823. The Morgan fingerprint density at radius 3 is 2.30 bits per heavy atom. The van der Waals surface area contributed by atoms with Crippen LogP contribution in [0.1, 0.15) is 18.1 Å². The largest absolute Gasteiger partial charge is 0.495 e. The van der Waals surface area contributed by atoms with Gasteiger partial charge in [-0.3, -0.25) is 4.90 Å². The highest BCUT2D eigenvalue weighted by Gasteiger charge is 2.15. The Hall–Kier alpha value is -1.55. The first-order valence-electron chi connectivity index (χ1n) is 10.0. The van der Waals surface area contributed by atoms with Crippen molar-refractivity contribution in [3.63, 3.8) is 0 Å². The van der Waals surface area contributed by atoms with Crippen LogP contribution in [0.3, 0.4) is 0 Å². The summed E-state index contributed by atoms with van der Waals surface area (Å²) in [5.74, 6) is 0.976. The highest BCUT2D eigenvalue weighted by Crippen LogP contribution is 2.27. The van der Waals surface area contributed by atoms with Crippen molar-refractivity contribution in [3.05, 3.63) is 58.6 Å². The fourth-order valence-electron chi connectivity index (χ4n) is 3.38. The van der Waals surface area contributed by atoms with Crippen molar-refractivity contribution in [3.8, 4) is 5.75 Å². The number of nitrogens with one attached hydrogen (secondary N) is 1. The van der Waals surface area contributed by atoms with Crippen molar-refractivity contribution in [2.75, 3.05) is 45.2 Å². The molecule has 30 heavy (non-hydrogen) atoms. The van der Waals surface area contributed by atoms with Gasteiger partial charge >= 0.3 is 0 Å². The molecule has 3 N–H and O–H groups in total. The van der Waals surface area contributed by atoms with Gasteiger partial charge in [0.2, 0.25) is 0 Å². The second-order valence-corrected chi connectivity index (χ2v) is 7.61. The molecule has 3 rings (SSSR count). The lowest BCUT2D eigenvalue weighted by Gasteiger charge is -2.34. The van der Waals surface area contributed by atoms with E-state index >= 15 is 0 Å². The third-order valence-electron chi connectivity index (χ3n) is 5.20. The lowest BCUT2D eigenvalue weighted by molar-refractivity contribution is 0.132. The fourth-order valence-corrected chi connectivity index (χ4v) is 3.64. The van der Waals surface area contributed by atoms with Crippen molar-refractivity contribution in [2.45, 2.75) is 20.0 Å². The Labute approximate surface area is 201 Å². The van der Waals surface area contributed by atoms with Crippen LogP contribution in [0.5, 0.6) is 5.75 Å². The van der Waals surface area contributed by atoms with Crippen LogP contribution in [-0.2, 0) is 13.1 Å². The molecule has 0 aliphatic carbocycles. The van der Waals surface area contributed by atoms with E-state index in [1.54, 1.807) is 19.2 Å². The van der Waals surface area contributed by atoms with Crippen LogP contribution in [0.25, 0.3) is 0 Å². The Balaban J connectivity index is 0.00000320. The van der Waals surface area contributed by atoms with Crippen molar-refractivity contribution >= 4 is 47.2 Å². The molecule has 2 aromatic rings. The van der Waals surface area contributed by atoms with Crippen LogP contribution < -0.4 is 15.8 Å². The number of hydrogen-bond donors (Lipinski definition) is 2. The zero-order valence-corrected chi connectivity index (χ0v) is 20.7. The molecule has 164 valence electrons. The monoisotopic (exact) mass is 543 g/mol. The van der Waals surface area contributed by atoms with Gasteiger partial charge in [0.1, 0.15) is 5.75 Å². The van der Waals surface area contributed by atoms with E-state index in [1.807, 2.05) is 6.07 Å². The van der Waals surface area contributed by atoms with E-state index in [0.717, 1.165) is 50.5 Å². The van der Waals surface area contributed by atoms with E-state index < -0.39 is 0 Å². The summed E-state index contributed by atoms with van der Waals surface area (Å²) >= 11 is 6.13. The highest BCUT2D eigenvalue weighted by atomic mass is 127. The second kappa shape index (κ2) is 12.3. The lowest BCUT2D eigenvalue weighted by atomic mass is 10.1. The van der Waals surface area contributed by atoms with Gasteiger partial charge in [0.25, 0.3) is 0 Å². The summed E-state index contributed by atoms with van der Waals surface area (Å²) in [6, 6.07) is 14.0. The number of halogens is 2. The SMILES string of the molecule is CCN1CCN(Cc2ccc(CN=C(N)Nc3ccc(OC)c(Cl)c3)cc2)CC1.I. The maximum atomic E-state index is 6.13. The third-order valence-corrected chi connectivity index (χ3v) is 5.49. The summed E-state index contributed by atoms with van der Waals surface area (Å²) in [4.78, 5) is 9.43. The smallest absolute Gasteiger partial charge is 0.193 e. The molecule has 1 fully saturated rings. The molecule has 0 bridgehead atoms. The van der Waals surface area contributed by atoms with Gasteiger partial charge in [-0.25, -0.2) is 4.99 Å². The van der Waals surface area contributed by atoms with Crippen LogP contribution in [-0.4, -0.2) is 55.6 Å². The number of nitrogens with zero attached hydrogens (tertiary/aromatic N) is 3. The molecule has 0 atom stereocenters. The van der Waals surface area contributed by atoms with Crippen LogP contribution in [0.2, 0.25) is 5.02 Å². The topological polar surface area (TPSA) is 66.1 Å².